The molecule has 1 aliphatic heterocycles. The Morgan fingerprint density at radius 1 is 1.21 bits per heavy atom. The molecule has 2 amide bonds. The number of hydrogen-bond donors (Lipinski definition) is 2. The SMILES string of the molecule is CCOc1ccc(NC(=O)CCS(=O)(=O)c2ccc3c(c2)OCC(=O)N3)cc1. The van der Waals surface area contributed by atoms with Crippen LogP contribution in [0.3, 0.4) is 0 Å². The number of carbonyl (C=O) groups excluding carboxylic acids is 2. The number of nitrogens with one attached hydrogen (secondary N) is 2. The molecule has 9 heteroatoms. The van der Waals surface area contributed by atoms with Crippen LogP contribution in [0.4, 0.5) is 11.4 Å². The van der Waals surface area contributed by atoms with Crippen LogP contribution in [0.2, 0.25) is 0 Å². The molecule has 2 aromatic rings. The summed E-state index contributed by atoms with van der Waals surface area (Å²) in [4.78, 5) is 23.4. The van der Waals surface area contributed by atoms with Crippen molar-refractivity contribution in [3.8, 4) is 11.5 Å². The number of amides is 2. The van der Waals surface area contributed by atoms with Crippen LogP contribution in [0.25, 0.3) is 0 Å². The van der Waals surface area contributed by atoms with E-state index in [-0.39, 0.29) is 29.6 Å². The van der Waals surface area contributed by atoms with E-state index in [9.17, 15) is 18.0 Å². The van der Waals surface area contributed by atoms with Gasteiger partial charge in [-0.1, -0.05) is 0 Å². The minimum atomic E-state index is -3.68. The van der Waals surface area contributed by atoms with Crippen molar-refractivity contribution < 1.29 is 27.5 Å². The monoisotopic (exact) mass is 404 g/mol. The second kappa shape index (κ2) is 8.30. The first kappa shape index (κ1) is 19.7. The molecule has 0 spiro atoms. The summed E-state index contributed by atoms with van der Waals surface area (Å²) in [5.74, 6) is -0.0715. The van der Waals surface area contributed by atoms with E-state index in [1.54, 1.807) is 24.3 Å². The van der Waals surface area contributed by atoms with Crippen LogP contribution in [-0.2, 0) is 19.4 Å². The number of rotatable bonds is 7. The van der Waals surface area contributed by atoms with Gasteiger partial charge in [-0.15, -0.1) is 0 Å². The molecule has 0 saturated heterocycles. The van der Waals surface area contributed by atoms with Crippen LogP contribution in [0.1, 0.15) is 13.3 Å². The first-order valence-electron chi connectivity index (χ1n) is 8.69. The second-order valence-electron chi connectivity index (χ2n) is 6.07. The summed E-state index contributed by atoms with van der Waals surface area (Å²) in [5, 5.41) is 5.26. The fourth-order valence-electron chi connectivity index (χ4n) is 2.62. The van der Waals surface area contributed by atoms with Crippen molar-refractivity contribution in [3.05, 3.63) is 42.5 Å². The summed E-state index contributed by atoms with van der Waals surface area (Å²) in [6.45, 7) is 2.26. The fraction of sp³-hybridized carbons (Fsp3) is 0.263. The van der Waals surface area contributed by atoms with Gasteiger partial charge in [0.2, 0.25) is 5.91 Å². The van der Waals surface area contributed by atoms with Crippen LogP contribution in [0.5, 0.6) is 11.5 Å². The van der Waals surface area contributed by atoms with E-state index in [2.05, 4.69) is 10.6 Å². The Kier molecular flexibility index (Phi) is 5.84. The first-order chi connectivity index (χ1) is 13.4. The zero-order valence-electron chi connectivity index (χ0n) is 15.2. The molecule has 0 unspecified atom stereocenters. The average Bonchev–Trinajstić information content (AvgIpc) is 2.68. The third-order valence-corrected chi connectivity index (χ3v) is 5.71. The molecule has 28 heavy (non-hydrogen) atoms. The van der Waals surface area contributed by atoms with Gasteiger partial charge in [-0.25, -0.2) is 8.42 Å². The average molecular weight is 404 g/mol. The van der Waals surface area contributed by atoms with E-state index >= 15 is 0 Å². The maximum absolute atomic E-state index is 12.5. The van der Waals surface area contributed by atoms with Crippen molar-refractivity contribution in [1.82, 2.24) is 0 Å². The molecule has 0 aliphatic carbocycles. The Morgan fingerprint density at radius 2 is 1.96 bits per heavy atom. The number of sulfone groups is 1. The van der Waals surface area contributed by atoms with Gasteiger partial charge in [-0.05, 0) is 43.3 Å². The molecule has 0 radical (unpaired) electrons. The van der Waals surface area contributed by atoms with Gasteiger partial charge in [0.1, 0.15) is 11.5 Å². The van der Waals surface area contributed by atoms with E-state index < -0.39 is 15.7 Å². The van der Waals surface area contributed by atoms with Crippen molar-refractivity contribution >= 4 is 33.0 Å². The van der Waals surface area contributed by atoms with Gasteiger partial charge in [-0.2, -0.15) is 0 Å². The summed E-state index contributed by atoms with van der Waals surface area (Å²) in [6, 6.07) is 11.0. The van der Waals surface area contributed by atoms with Crippen LogP contribution >= 0.6 is 0 Å². The quantitative estimate of drug-likeness (QED) is 0.732. The van der Waals surface area contributed by atoms with E-state index in [0.29, 0.717) is 29.5 Å². The van der Waals surface area contributed by atoms with E-state index in [4.69, 9.17) is 9.47 Å². The van der Waals surface area contributed by atoms with Gasteiger partial charge >= 0.3 is 0 Å². The highest BCUT2D eigenvalue weighted by Crippen LogP contribution is 2.30. The Bertz CT molecular complexity index is 986. The van der Waals surface area contributed by atoms with Gasteiger partial charge in [0.05, 0.1) is 22.9 Å². The molecule has 8 nitrogen and oxygen atoms in total. The van der Waals surface area contributed by atoms with Gasteiger partial charge in [0.25, 0.3) is 5.91 Å². The summed E-state index contributed by atoms with van der Waals surface area (Å²) in [7, 11) is -3.68. The molecule has 3 rings (SSSR count). The molecule has 0 saturated carbocycles. The molecule has 0 bridgehead atoms. The zero-order chi connectivity index (χ0) is 20.1. The molecular weight excluding hydrogens is 384 g/mol. The van der Waals surface area contributed by atoms with Crippen LogP contribution in [0, 0.1) is 0 Å². The predicted octanol–water partition coefficient (Wildman–Crippen LogP) is 2.22. The molecule has 0 atom stereocenters. The van der Waals surface area contributed by atoms with E-state index in [1.807, 2.05) is 6.92 Å². The molecule has 1 heterocycles. The van der Waals surface area contributed by atoms with Crippen molar-refractivity contribution in [2.24, 2.45) is 0 Å². The largest absolute Gasteiger partial charge is 0.494 e. The Morgan fingerprint density at radius 3 is 2.68 bits per heavy atom. The number of ether oxygens (including phenoxy) is 2. The number of carbonyl (C=O) groups is 2. The maximum atomic E-state index is 12.5. The van der Waals surface area contributed by atoms with Crippen LogP contribution in [0.15, 0.2) is 47.4 Å². The van der Waals surface area contributed by atoms with E-state index in [0.717, 1.165) is 0 Å². The van der Waals surface area contributed by atoms with Crippen molar-refractivity contribution in [2.75, 3.05) is 29.6 Å². The maximum Gasteiger partial charge on any atom is 0.262 e. The van der Waals surface area contributed by atoms with Crippen LogP contribution < -0.4 is 20.1 Å². The summed E-state index contributed by atoms with van der Waals surface area (Å²) >= 11 is 0. The minimum absolute atomic E-state index is 0.0382. The van der Waals surface area contributed by atoms with Gasteiger partial charge in [0.15, 0.2) is 16.4 Å². The number of benzene rings is 2. The Balaban J connectivity index is 1.60. The number of hydrogen-bond acceptors (Lipinski definition) is 6. The molecular formula is C19H20N2O6S. The number of anilines is 2. The lowest BCUT2D eigenvalue weighted by Crippen LogP contribution is -2.25. The Hall–Kier alpha value is -3.07. The molecule has 0 aromatic heterocycles. The van der Waals surface area contributed by atoms with E-state index in [1.165, 1.54) is 18.2 Å². The lowest BCUT2D eigenvalue weighted by atomic mass is 10.2. The molecule has 2 aromatic carbocycles. The summed E-state index contributed by atoms with van der Waals surface area (Å²) in [6.07, 6.45) is -0.190. The van der Waals surface area contributed by atoms with Crippen molar-refractivity contribution in [1.29, 1.82) is 0 Å². The van der Waals surface area contributed by atoms with Crippen molar-refractivity contribution in [3.63, 3.8) is 0 Å². The highest BCUT2D eigenvalue weighted by atomic mass is 32.2. The molecule has 148 valence electrons. The first-order valence-corrected chi connectivity index (χ1v) is 10.3. The summed E-state index contributed by atoms with van der Waals surface area (Å²) < 4.78 is 35.6. The highest BCUT2D eigenvalue weighted by Gasteiger charge is 2.21. The third kappa shape index (κ3) is 4.80. The zero-order valence-corrected chi connectivity index (χ0v) is 16.0. The minimum Gasteiger partial charge on any atom is -0.494 e. The normalized spacial score (nSPS) is 13.1. The smallest absolute Gasteiger partial charge is 0.262 e. The lowest BCUT2D eigenvalue weighted by molar-refractivity contribution is -0.118. The Labute approximate surface area is 162 Å². The van der Waals surface area contributed by atoms with Gasteiger partial charge in [-0.3, -0.25) is 9.59 Å². The molecule has 2 N–H and O–H groups in total. The van der Waals surface area contributed by atoms with Crippen molar-refractivity contribution in [2.45, 2.75) is 18.2 Å². The highest BCUT2D eigenvalue weighted by molar-refractivity contribution is 7.91. The van der Waals surface area contributed by atoms with Crippen LogP contribution in [-0.4, -0.2) is 39.2 Å². The molecule has 0 fully saturated rings. The number of fused-ring (bicyclic) bond motifs is 1. The standard InChI is InChI=1S/C19H20N2O6S/c1-2-26-14-5-3-13(4-6-14)20-18(22)9-10-28(24,25)15-7-8-16-17(11-15)27-12-19(23)21-16/h3-8,11H,2,9-10,12H2,1H3,(H,20,22)(H,21,23). The lowest BCUT2D eigenvalue weighted by Gasteiger charge is -2.18. The fourth-order valence-corrected chi connectivity index (χ4v) is 3.87. The topological polar surface area (TPSA) is 111 Å². The third-order valence-electron chi connectivity index (χ3n) is 3.99. The van der Waals surface area contributed by atoms with Gasteiger partial charge < -0.3 is 20.1 Å². The second-order valence-corrected chi connectivity index (χ2v) is 8.18. The predicted molar refractivity (Wildman–Crippen MR) is 103 cm³/mol. The summed E-state index contributed by atoms with van der Waals surface area (Å²) in [5.41, 5.74) is 0.979. The van der Waals surface area contributed by atoms with Gasteiger partial charge in [0, 0.05) is 18.2 Å². The molecule has 1 aliphatic rings.